The molecular weight excluding hydrogens is 478 g/mol. The number of ketones is 1. The van der Waals surface area contributed by atoms with Crippen LogP contribution in [0.5, 0.6) is 0 Å². The molecule has 11 nitrogen and oxygen atoms in total. The Bertz CT molecular complexity index is 997. The number of carbonyl (C=O) groups is 4. The van der Waals surface area contributed by atoms with Gasteiger partial charge in [-0.05, 0) is 37.3 Å². The van der Waals surface area contributed by atoms with E-state index in [1.807, 2.05) is 6.79 Å². The summed E-state index contributed by atoms with van der Waals surface area (Å²) < 4.78 is 10.5. The number of morpholine rings is 1. The van der Waals surface area contributed by atoms with Gasteiger partial charge in [0.25, 0.3) is 5.91 Å². The van der Waals surface area contributed by atoms with Crippen LogP contribution in [0.25, 0.3) is 0 Å². The number of methoxy groups -OCH3 is 1. The minimum atomic E-state index is -0.179. The normalized spacial score (nSPS) is 12.7. The quantitative estimate of drug-likeness (QED) is 0.242. The third kappa shape index (κ3) is 11.2. The lowest BCUT2D eigenvalue weighted by molar-refractivity contribution is -0.105. The van der Waals surface area contributed by atoms with E-state index in [1.165, 1.54) is 6.92 Å². The van der Waals surface area contributed by atoms with E-state index in [1.54, 1.807) is 54.5 Å². The summed E-state index contributed by atoms with van der Waals surface area (Å²) in [5.41, 5.74) is 13.9. The van der Waals surface area contributed by atoms with Crippen molar-refractivity contribution in [1.29, 1.82) is 0 Å². The summed E-state index contributed by atoms with van der Waals surface area (Å²) >= 11 is 0. The molecule has 2 aromatic rings. The van der Waals surface area contributed by atoms with E-state index in [2.05, 4.69) is 10.2 Å². The molecule has 37 heavy (non-hydrogen) atoms. The van der Waals surface area contributed by atoms with E-state index in [9.17, 15) is 14.4 Å². The number of anilines is 3. The number of nitrogens with zero attached hydrogens (tertiary/aromatic N) is 2. The fraction of sp³-hybridized carbons (Fsp3) is 0.385. The number of nitrogens with one attached hydrogen (secondary N) is 1. The second kappa shape index (κ2) is 17.6. The number of hydrogen-bond acceptors (Lipinski definition) is 9. The van der Waals surface area contributed by atoms with Crippen molar-refractivity contribution in [2.24, 2.45) is 0 Å². The van der Waals surface area contributed by atoms with Crippen LogP contribution in [0.2, 0.25) is 0 Å². The van der Waals surface area contributed by atoms with Crippen LogP contribution in [0.3, 0.4) is 0 Å². The Morgan fingerprint density at radius 3 is 2.35 bits per heavy atom. The number of Topliss-reactive ketones (excluding diaryl/α,β-unsaturated/α-hetero) is 1. The van der Waals surface area contributed by atoms with Crippen LogP contribution >= 0.6 is 0 Å². The van der Waals surface area contributed by atoms with Crippen molar-refractivity contribution in [2.75, 3.05) is 76.4 Å². The molecule has 0 aliphatic carbocycles. The van der Waals surface area contributed by atoms with E-state index in [0.29, 0.717) is 67.5 Å². The Kier molecular flexibility index (Phi) is 14.9. The number of carbonyl (C=O) groups excluding carboxylic acids is 4. The highest BCUT2D eigenvalue weighted by molar-refractivity contribution is 6.02. The first-order valence-corrected chi connectivity index (χ1v) is 11.7. The number of amides is 2. The topological polar surface area (TPSA) is 157 Å². The molecule has 1 aliphatic heterocycles. The summed E-state index contributed by atoms with van der Waals surface area (Å²) in [4.78, 5) is 46.5. The molecule has 1 aliphatic rings. The average molecular weight is 516 g/mol. The molecule has 202 valence electrons. The van der Waals surface area contributed by atoms with Crippen molar-refractivity contribution >= 4 is 42.0 Å². The molecule has 0 radical (unpaired) electrons. The Hall–Kier alpha value is -3.80. The molecule has 11 heteroatoms. The number of nitrogens with two attached hydrogens (primary N) is 2. The molecule has 0 spiro atoms. The molecule has 0 unspecified atom stereocenters. The maximum atomic E-state index is 13.0. The average Bonchev–Trinajstić information content (AvgIpc) is 2.91. The van der Waals surface area contributed by atoms with Crippen molar-refractivity contribution in [3.8, 4) is 0 Å². The number of benzene rings is 2. The smallest absolute Gasteiger partial charge is 0.256 e. The van der Waals surface area contributed by atoms with Gasteiger partial charge < -0.3 is 36.0 Å². The minimum Gasteiger partial charge on any atom is -0.399 e. The first-order valence-electron chi connectivity index (χ1n) is 11.7. The van der Waals surface area contributed by atoms with Gasteiger partial charge in [0.05, 0.1) is 31.1 Å². The van der Waals surface area contributed by atoms with E-state index in [4.69, 9.17) is 25.7 Å². The molecule has 2 amide bonds. The fourth-order valence-corrected chi connectivity index (χ4v) is 3.46. The van der Waals surface area contributed by atoms with Gasteiger partial charge in [0.15, 0.2) is 5.78 Å². The van der Waals surface area contributed by atoms with Crippen LogP contribution in [0.4, 0.5) is 17.1 Å². The number of nitrogen functional groups attached to an aromatic ring is 2. The highest BCUT2D eigenvalue weighted by Crippen LogP contribution is 2.20. The van der Waals surface area contributed by atoms with Gasteiger partial charge >= 0.3 is 0 Å². The Morgan fingerprint density at radius 1 is 1.11 bits per heavy atom. The van der Waals surface area contributed by atoms with Gasteiger partial charge in [-0.15, -0.1) is 0 Å². The second-order valence-electron chi connectivity index (χ2n) is 7.99. The zero-order valence-corrected chi connectivity index (χ0v) is 21.5. The van der Waals surface area contributed by atoms with E-state index in [-0.39, 0.29) is 11.7 Å². The molecular formula is C26H37N5O6. The molecule has 2 aromatic carbocycles. The number of rotatable bonds is 10. The van der Waals surface area contributed by atoms with Crippen LogP contribution in [-0.4, -0.2) is 94.3 Å². The minimum absolute atomic E-state index is 0.0484. The third-order valence-corrected chi connectivity index (χ3v) is 5.42. The largest absolute Gasteiger partial charge is 0.399 e. The lowest BCUT2D eigenvalue weighted by Gasteiger charge is -2.30. The van der Waals surface area contributed by atoms with Crippen molar-refractivity contribution in [3.63, 3.8) is 0 Å². The van der Waals surface area contributed by atoms with Gasteiger partial charge in [-0.1, -0.05) is 12.1 Å². The van der Waals surface area contributed by atoms with Gasteiger partial charge in [-0.3, -0.25) is 19.3 Å². The summed E-state index contributed by atoms with van der Waals surface area (Å²) in [5, 5.41) is 2.56. The fourth-order valence-electron chi connectivity index (χ4n) is 3.46. The van der Waals surface area contributed by atoms with Crippen LogP contribution in [0, 0.1) is 0 Å². The molecule has 1 heterocycles. The molecule has 5 N–H and O–H groups in total. The van der Waals surface area contributed by atoms with E-state index in [0.717, 1.165) is 19.6 Å². The molecule has 3 rings (SSSR count). The van der Waals surface area contributed by atoms with Gasteiger partial charge in [0.1, 0.15) is 6.79 Å². The van der Waals surface area contributed by atoms with Gasteiger partial charge in [-0.25, -0.2) is 0 Å². The highest BCUT2D eigenvalue weighted by atomic mass is 16.5. The van der Waals surface area contributed by atoms with Gasteiger partial charge in [0, 0.05) is 56.8 Å². The van der Waals surface area contributed by atoms with E-state index < -0.39 is 0 Å². The maximum Gasteiger partial charge on any atom is 0.256 e. The zero-order valence-electron chi connectivity index (χ0n) is 21.5. The van der Waals surface area contributed by atoms with Crippen LogP contribution in [0.1, 0.15) is 27.6 Å². The van der Waals surface area contributed by atoms with E-state index >= 15 is 0 Å². The van der Waals surface area contributed by atoms with Crippen LogP contribution in [0.15, 0.2) is 42.5 Å². The molecule has 1 saturated heterocycles. The molecule has 1 fully saturated rings. The lowest BCUT2D eigenvalue weighted by Crippen LogP contribution is -2.44. The first kappa shape index (κ1) is 31.2. The number of hydrogen-bond donors (Lipinski definition) is 3. The lowest BCUT2D eigenvalue weighted by atomic mass is 10.1. The summed E-state index contributed by atoms with van der Waals surface area (Å²) in [6.45, 7) is 8.92. The molecule has 0 bridgehead atoms. The van der Waals surface area contributed by atoms with Gasteiger partial charge in [-0.2, -0.15) is 0 Å². The zero-order chi connectivity index (χ0) is 27.6. The Labute approximate surface area is 217 Å². The van der Waals surface area contributed by atoms with Crippen LogP contribution in [-0.2, 0) is 19.1 Å². The molecule has 0 atom stereocenters. The summed E-state index contributed by atoms with van der Waals surface area (Å²) in [6, 6.07) is 11.8. The summed E-state index contributed by atoms with van der Waals surface area (Å²) in [5.74, 6) is -0.130. The summed E-state index contributed by atoms with van der Waals surface area (Å²) in [6.07, 6.45) is 0.551. The number of ether oxygens (including phenoxy) is 2. The predicted molar refractivity (Wildman–Crippen MR) is 144 cm³/mol. The second-order valence-corrected chi connectivity index (χ2v) is 7.99. The standard InChI is InChI=1S/C17H26N4O4.C8H9NO.CH2O/c1-24-9-8-21(5-4-20-6-10-25-11-7-20)17(23)15-12-14(18)2-3-16(15)19-13-22;1-6(10)7-3-2-4-8(9)5-7;1-2/h2-3,12-13H,4-11,18H2,1H3,(H,19,22);2-5H,9H2,1H3;1H2. The monoisotopic (exact) mass is 515 g/mol. The Morgan fingerprint density at radius 2 is 1.78 bits per heavy atom. The van der Waals surface area contributed by atoms with Crippen molar-refractivity contribution < 1.29 is 28.7 Å². The van der Waals surface area contributed by atoms with Gasteiger partial charge in [0.2, 0.25) is 6.41 Å². The van der Waals surface area contributed by atoms with Crippen LogP contribution < -0.4 is 16.8 Å². The first-order chi connectivity index (χ1) is 17.8. The summed E-state index contributed by atoms with van der Waals surface area (Å²) in [7, 11) is 1.60. The SMILES string of the molecule is C=O.CC(=O)c1cccc(N)c1.COCCN(CCN1CCOCC1)C(=O)c1cc(N)ccc1NC=O. The molecule has 0 aromatic heterocycles. The predicted octanol–water partition coefficient (Wildman–Crippen LogP) is 1.54. The molecule has 0 saturated carbocycles. The highest BCUT2D eigenvalue weighted by Gasteiger charge is 2.21. The van der Waals surface area contributed by atoms with Crippen molar-refractivity contribution in [1.82, 2.24) is 9.80 Å². The maximum absolute atomic E-state index is 13.0. The third-order valence-electron chi connectivity index (χ3n) is 5.42. The van der Waals surface area contributed by atoms with Crippen molar-refractivity contribution in [2.45, 2.75) is 6.92 Å². The Balaban J connectivity index is 0.000000475. The van der Waals surface area contributed by atoms with Crippen molar-refractivity contribution in [3.05, 3.63) is 53.6 Å².